The monoisotopic (exact) mass is 280 g/mol. The van der Waals surface area contributed by atoms with Gasteiger partial charge >= 0.3 is 0 Å². The minimum absolute atomic E-state index is 0.161. The molecular weight excluding hydrogens is 267 g/mol. The molecule has 1 heterocycles. The van der Waals surface area contributed by atoms with Gasteiger partial charge < -0.3 is 10.1 Å². The number of carbonyl (C=O) groups excluding carboxylic acids is 1. The normalized spacial score (nSPS) is 10.5. The number of amides is 1. The van der Waals surface area contributed by atoms with Crippen LogP contribution in [0.4, 0.5) is 10.1 Å². The van der Waals surface area contributed by atoms with Crippen LogP contribution in [0.15, 0.2) is 24.3 Å². The van der Waals surface area contributed by atoms with Gasteiger partial charge in [-0.05, 0) is 19.1 Å². The summed E-state index contributed by atoms with van der Waals surface area (Å²) in [6.45, 7) is 2.10. The molecule has 1 aromatic heterocycles. The van der Waals surface area contributed by atoms with Gasteiger partial charge in [-0.1, -0.05) is 12.1 Å². The lowest BCUT2D eigenvalue weighted by Gasteiger charge is -2.04. The lowest BCUT2D eigenvalue weighted by Crippen LogP contribution is -2.12. The van der Waals surface area contributed by atoms with Gasteiger partial charge in [-0.3, -0.25) is 4.79 Å². The van der Waals surface area contributed by atoms with Crippen molar-refractivity contribution in [2.45, 2.75) is 13.5 Å². The van der Waals surface area contributed by atoms with E-state index in [2.05, 4.69) is 10.3 Å². The number of para-hydroxylation sites is 1. The van der Waals surface area contributed by atoms with Crippen molar-refractivity contribution in [2.75, 3.05) is 12.4 Å². The zero-order valence-electron chi connectivity index (χ0n) is 10.6. The van der Waals surface area contributed by atoms with Crippen LogP contribution in [-0.2, 0) is 11.3 Å². The van der Waals surface area contributed by atoms with Crippen molar-refractivity contribution in [1.29, 1.82) is 0 Å². The third-order valence-corrected chi connectivity index (χ3v) is 3.57. The molecule has 0 atom stereocenters. The Labute approximate surface area is 114 Å². The van der Waals surface area contributed by atoms with Gasteiger partial charge in [0.25, 0.3) is 5.91 Å². The summed E-state index contributed by atoms with van der Waals surface area (Å²) >= 11 is 1.25. The number of hydrogen-bond acceptors (Lipinski definition) is 4. The molecule has 100 valence electrons. The molecule has 1 N–H and O–H groups in total. The summed E-state index contributed by atoms with van der Waals surface area (Å²) in [5.41, 5.74) is 0.777. The predicted octanol–water partition coefficient (Wildman–Crippen LogP) is 2.99. The average molecular weight is 280 g/mol. The van der Waals surface area contributed by atoms with E-state index < -0.39 is 5.82 Å². The van der Waals surface area contributed by atoms with E-state index in [9.17, 15) is 9.18 Å². The molecule has 0 aliphatic carbocycles. The molecule has 0 aliphatic heterocycles. The van der Waals surface area contributed by atoms with E-state index in [0.717, 1.165) is 5.01 Å². The van der Waals surface area contributed by atoms with Crippen LogP contribution in [0.1, 0.15) is 20.4 Å². The minimum Gasteiger partial charge on any atom is -0.378 e. The Balaban J connectivity index is 2.18. The summed E-state index contributed by atoms with van der Waals surface area (Å²) in [5, 5.41) is 3.26. The van der Waals surface area contributed by atoms with E-state index >= 15 is 0 Å². The quantitative estimate of drug-likeness (QED) is 0.936. The van der Waals surface area contributed by atoms with Crippen molar-refractivity contribution in [3.8, 4) is 0 Å². The molecule has 0 bridgehead atoms. The fourth-order valence-electron chi connectivity index (χ4n) is 1.59. The molecule has 4 nitrogen and oxygen atoms in total. The number of ether oxygens (including phenoxy) is 1. The van der Waals surface area contributed by atoms with E-state index in [1.807, 2.05) is 0 Å². The van der Waals surface area contributed by atoms with Crippen LogP contribution in [0.5, 0.6) is 0 Å². The van der Waals surface area contributed by atoms with Crippen LogP contribution in [0.3, 0.4) is 0 Å². The van der Waals surface area contributed by atoms with Crippen molar-refractivity contribution in [1.82, 2.24) is 4.98 Å². The third kappa shape index (κ3) is 3.15. The van der Waals surface area contributed by atoms with Gasteiger partial charge in [0.15, 0.2) is 0 Å². The SMILES string of the molecule is COCc1nc(C)c(C(=O)Nc2ccccc2F)s1. The van der Waals surface area contributed by atoms with E-state index in [4.69, 9.17) is 4.74 Å². The number of thiazole rings is 1. The molecule has 0 saturated heterocycles. The first-order valence-corrected chi connectivity index (χ1v) is 6.44. The first-order valence-electron chi connectivity index (χ1n) is 5.63. The number of carbonyl (C=O) groups is 1. The zero-order valence-corrected chi connectivity index (χ0v) is 11.4. The van der Waals surface area contributed by atoms with Gasteiger partial charge in [-0.15, -0.1) is 11.3 Å². The Kier molecular flexibility index (Phi) is 4.24. The lowest BCUT2D eigenvalue weighted by atomic mass is 10.3. The number of halogens is 1. The predicted molar refractivity (Wildman–Crippen MR) is 71.9 cm³/mol. The summed E-state index contributed by atoms with van der Waals surface area (Å²) in [6, 6.07) is 6.04. The maximum absolute atomic E-state index is 13.4. The minimum atomic E-state index is -0.463. The van der Waals surface area contributed by atoms with Crippen molar-refractivity contribution in [3.05, 3.63) is 45.7 Å². The average Bonchev–Trinajstić information content (AvgIpc) is 2.74. The van der Waals surface area contributed by atoms with Gasteiger partial charge in [0.05, 0.1) is 18.0 Å². The van der Waals surface area contributed by atoms with E-state index in [1.165, 1.54) is 23.5 Å². The molecule has 0 saturated carbocycles. The fourth-order valence-corrected chi connectivity index (χ4v) is 2.52. The van der Waals surface area contributed by atoms with E-state index in [-0.39, 0.29) is 11.6 Å². The summed E-state index contributed by atoms with van der Waals surface area (Å²) in [4.78, 5) is 16.7. The smallest absolute Gasteiger partial charge is 0.267 e. The molecule has 6 heteroatoms. The first-order chi connectivity index (χ1) is 9.11. The Hall–Kier alpha value is -1.79. The van der Waals surface area contributed by atoms with Gasteiger partial charge in [0.1, 0.15) is 15.7 Å². The molecule has 0 fully saturated rings. The third-order valence-electron chi connectivity index (χ3n) is 2.44. The second kappa shape index (κ2) is 5.90. The standard InChI is InChI=1S/C13H13FN2O2S/c1-8-12(19-11(15-8)7-18-2)13(17)16-10-6-4-3-5-9(10)14/h3-6H,7H2,1-2H3,(H,16,17). The number of benzene rings is 1. The topological polar surface area (TPSA) is 51.2 Å². The maximum Gasteiger partial charge on any atom is 0.267 e. The molecule has 0 aliphatic rings. The summed E-state index contributed by atoms with van der Waals surface area (Å²) in [6.07, 6.45) is 0. The number of aromatic nitrogens is 1. The second-order valence-corrected chi connectivity index (χ2v) is 4.97. The van der Waals surface area contributed by atoms with Gasteiger partial charge in [-0.2, -0.15) is 0 Å². The first kappa shape index (κ1) is 13.6. The Morgan fingerprint density at radius 2 is 2.21 bits per heavy atom. The number of nitrogens with one attached hydrogen (secondary N) is 1. The molecule has 0 unspecified atom stereocenters. The van der Waals surface area contributed by atoms with Crippen LogP contribution < -0.4 is 5.32 Å². The van der Waals surface area contributed by atoms with Crippen LogP contribution >= 0.6 is 11.3 Å². The van der Waals surface area contributed by atoms with Crippen LogP contribution in [0.2, 0.25) is 0 Å². The van der Waals surface area contributed by atoms with Gasteiger partial charge in [0, 0.05) is 7.11 Å². The number of nitrogens with zero attached hydrogens (tertiary/aromatic N) is 1. The highest BCUT2D eigenvalue weighted by Crippen LogP contribution is 2.21. The highest BCUT2D eigenvalue weighted by Gasteiger charge is 2.16. The fraction of sp³-hybridized carbons (Fsp3) is 0.231. The largest absolute Gasteiger partial charge is 0.378 e. The molecule has 0 spiro atoms. The molecule has 0 radical (unpaired) electrons. The summed E-state index contributed by atoms with van der Waals surface area (Å²) in [7, 11) is 1.57. The van der Waals surface area contributed by atoms with Crippen LogP contribution in [0.25, 0.3) is 0 Å². The molecule has 2 aromatic rings. The van der Waals surface area contributed by atoms with Crippen LogP contribution in [-0.4, -0.2) is 18.0 Å². The molecule has 1 aromatic carbocycles. The maximum atomic E-state index is 13.4. The summed E-state index contributed by atoms with van der Waals surface area (Å²) in [5.74, 6) is -0.822. The highest BCUT2D eigenvalue weighted by molar-refractivity contribution is 7.13. The van der Waals surface area contributed by atoms with Gasteiger partial charge in [-0.25, -0.2) is 9.37 Å². The molecule has 1 amide bonds. The number of rotatable bonds is 4. The number of hydrogen-bond donors (Lipinski definition) is 1. The van der Waals surface area contributed by atoms with Gasteiger partial charge in [0.2, 0.25) is 0 Å². The highest BCUT2D eigenvalue weighted by atomic mass is 32.1. The van der Waals surface area contributed by atoms with Crippen molar-refractivity contribution < 1.29 is 13.9 Å². The Bertz CT molecular complexity index is 598. The number of anilines is 1. The van der Waals surface area contributed by atoms with Crippen molar-refractivity contribution in [3.63, 3.8) is 0 Å². The molecular formula is C13H13FN2O2S. The second-order valence-electron chi connectivity index (χ2n) is 3.89. The van der Waals surface area contributed by atoms with E-state index in [0.29, 0.717) is 17.2 Å². The van der Waals surface area contributed by atoms with Crippen molar-refractivity contribution in [2.24, 2.45) is 0 Å². The lowest BCUT2D eigenvalue weighted by molar-refractivity contribution is 0.102. The number of aryl methyl sites for hydroxylation is 1. The Morgan fingerprint density at radius 3 is 2.89 bits per heavy atom. The summed E-state index contributed by atoms with van der Waals surface area (Å²) < 4.78 is 18.4. The molecule has 2 rings (SSSR count). The van der Waals surface area contributed by atoms with Crippen LogP contribution in [0, 0.1) is 12.7 Å². The van der Waals surface area contributed by atoms with Crippen molar-refractivity contribution >= 4 is 22.9 Å². The molecule has 19 heavy (non-hydrogen) atoms. The number of methoxy groups -OCH3 is 1. The van der Waals surface area contributed by atoms with E-state index in [1.54, 1.807) is 26.2 Å². The Morgan fingerprint density at radius 1 is 1.47 bits per heavy atom. The zero-order chi connectivity index (χ0) is 13.8.